The number of aliphatic hydroxyl groups excluding tert-OH is 1. The molecule has 156 valence electrons. The largest absolute Gasteiger partial charge is 0.491 e. The molecule has 4 nitrogen and oxygen atoms in total. The molecule has 2 N–H and O–H groups in total. The second-order valence-corrected chi connectivity index (χ2v) is 8.47. The van der Waals surface area contributed by atoms with Gasteiger partial charge in [0.15, 0.2) is 0 Å². The summed E-state index contributed by atoms with van der Waals surface area (Å²) >= 11 is 1.66. The Morgan fingerprint density at radius 2 is 1.84 bits per heavy atom. The quantitative estimate of drug-likeness (QED) is 0.325. The Bertz CT molecular complexity index is 1300. The monoisotopic (exact) mass is 429 g/mol. The maximum atomic E-state index is 10.4. The van der Waals surface area contributed by atoms with Crippen LogP contribution in [0.5, 0.6) is 5.75 Å². The van der Waals surface area contributed by atoms with Crippen LogP contribution in [0.2, 0.25) is 0 Å². The Labute approximate surface area is 184 Å². The van der Waals surface area contributed by atoms with E-state index < -0.39 is 6.10 Å². The van der Waals surface area contributed by atoms with Gasteiger partial charge in [-0.3, -0.25) is 0 Å². The average Bonchev–Trinajstić information content (AvgIpc) is 3.42. The van der Waals surface area contributed by atoms with Crippen LogP contribution in [0.4, 0.5) is 0 Å². The first-order valence-electron chi connectivity index (χ1n) is 10.3. The predicted octanol–water partition coefficient (Wildman–Crippen LogP) is 5.84. The van der Waals surface area contributed by atoms with Crippen molar-refractivity contribution in [2.24, 2.45) is 0 Å². The number of benzene rings is 3. The van der Waals surface area contributed by atoms with Gasteiger partial charge in [0.1, 0.15) is 24.7 Å². The van der Waals surface area contributed by atoms with E-state index in [0.29, 0.717) is 13.1 Å². The van der Waals surface area contributed by atoms with E-state index in [2.05, 4.69) is 53.2 Å². The van der Waals surface area contributed by atoms with Gasteiger partial charge in [-0.25, -0.2) is 0 Å². The van der Waals surface area contributed by atoms with Gasteiger partial charge in [0.25, 0.3) is 0 Å². The van der Waals surface area contributed by atoms with Crippen LogP contribution in [0, 0.1) is 0 Å². The van der Waals surface area contributed by atoms with Crippen LogP contribution in [0.15, 0.2) is 89.1 Å². The maximum absolute atomic E-state index is 10.4. The summed E-state index contributed by atoms with van der Waals surface area (Å²) in [7, 11) is 0. The van der Waals surface area contributed by atoms with Crippen LogP contribution < -0.4 is 10.1 Å². The Balaban J connectivity index is 1.16. The van der Waals surface area contributed by atoms with Crippen molar-refractivity contribution in [2.75, 3.05) is 13.2 Å². The van der Waals surface area contributed by atoms with E-state index in [1.165, 1.54) is 16.3 Å². The lowest BCUT2D eigenvalue weighted by atomic mass is 10.0. The second-order valence-electron chi connectivity index (χ2n) is 7.56. The van der Waals surface area contributed by atoms with Crippen molar-refractivity contribution in [3.8, 4) is 16.9 Å². The molecule has 0 amide bonds. The molecule has 1 atom stereocenters. The minimum absolute atomic E-state index is 0.233. The van der Waals surface area contributed by atoms with Gasteiger partial charge in [0, 0.05) is 29.4 Å². The highest BCUT2D eigenvalue weighted by Crippen LogP contribution is 2.35. The minimum Gasteiger partial charge on any atom is -0.491 e. The third-order valence-corrected chi connectivity index (χ3v) is 6.31. The molecule has 5 aromatic rings. The summed E-state index contributed by atoms with van der Waals surface area (Å²) in [6.07, 6.45) is 2.95. The summed E-state index contributed by atoms with van der Waals surface area (Å²) in [5.74, 6) is 0.744. The van der Waals surface area contributed by atoms with Crippen molar-refractivity contribution in [3.63, 3.8) is 0 Å². The van der Waals surface area contributed by atoms with Gasteiger partial charge in [-0.1, -0.05) is 54.6 Å². The summed E-state index contributed by atoms with van der Waals surface area (Å²) in [6.45, 7) is 1.40. The Hall–Kier alpha value is -3.12. The van der Waals surface area contributed by atoms with Crippen molar-refractivity contribution < 1.29 is 14.3 Å². The molecule has 0 radical (unpaired) electrons. The molecular formula is C26H23NO3S. The molecule has 0 spiro atoms. The molecule has 5 rings (SSSR count). The fourth-order valence-corrected chi connectivity index (χ4v) is 4.71. The zero-order valence-corrected chi connectivity index (χ0v) is 17.8. The SMILES string of the molecule is O[C@H](CNCc1cccc2ccccc12)COc1cccc(-c2csc3cocc23)c1. The molecule has 0 aliphatic rings. The predicted molar refractivity (Wildman–Crippen MR) is 127 cm³/mol. The van der Waals surface area contributed by atoms with E-state index in [0.717, 1.165) is 27.0 Å². The van der Waals surface area contributed by atoms with Crippen molar-refractivity contribution in [2.45, 2.75) is 12.6 Å². The fraction of sp³-hybridized carbons (Fsp3) is 0.154. The van der Waals surface area contributed by atoms with Crippen LogP contribution >= 0.6 is 11.3 Å². The van der Waals surface area contributed by atoms with Gasteiger partial charge in [-0.2, -0.15) is 0 Å². The molecule has 0 saturated carbocycles. The van der Waals surface area contributed by atoms with E-state index in [-0.39, 0.29) is 6.61 Å². The Kier molecular flexibility index (Phi) is 5.71. The number of nitrogens with one attached hydrogen (secondary N) is 1. The molecule has 31 heavy (non-hydrogen) atoms. The van der Waals surface area contributed by atoms with E-state index in [9.17, 15) is 5.11 Å². The molecule has 0 unspecified atom stereocenters. The molecule has 0 aliphatic carbocycles. The molecule has 0 bridgehead atoms. The zero-order chi connectivity index (χ0) is 21.0. The fourth-order valence-electron chi connectivity index (χ4n) is 3.81. The molecular weight excluding hydrogens is 406 g/mol. The molecule has 0 aliphatic heterocycles. The molecule has 0 saturated heterocycles. The number of furan rings is 1. The van der Waals surface area contributed by atoms with Gasteiger partial charge in [-0.15, -0.1) is 11.3 Å². The molecule has 2 aromatic heterocycles. The van der Waals surface area contributed by atoms with Crippen LogP contribution in [0.25, 0.3) is 32.0 Å². The highest BCUT2D eigenvalue weighted by molar-refractivity contribution is 7.17. The number of hydrogen-bond acceptors (Lipinski definition) is 5. The highest BCUT2D eigenvalue weighted by atomic mass is 32.1. The number of ether oxygens (including phenoxy) is 1. The third-order valence-electron chi connectivity index (χ3n) is 5.38. The van der Waals surface area contributed by atoms with Crippen LogP contribution in [-0.4, -0.2) is 24.4 Å². The molecule has 0 fully saturated rings. The number of fused-ring (bicyclic) bond motifs is 2. The number of aliphatic hydroxyl groups is 1. The summed E-state index contributed by atoms with van der Waals surface area (Å²) in [5.41, 5.74) is 3.44. The minimum atomic E-state index is -0.597. The number of rotatable bonds is 8. The standard InChI is InChI=1S/C26H23NO3S/c28-21(13-27-12-20-8-3-6-18-5-1-2-10-23(18)20)14-30-22-9-4-7-19(11-22)25-17-31-26-16-29-15-24(25)26/h1-11,15-17,21,27-28H,12-14H2/t21-/m1/s1. The van der Waals surface area contributed by atoms with Gasteiger partial charge < -0.3 is 19.6 Å². The van der Waals surface area contributed by atoms with Crippen LogP contribution in [0.3, 0.4) is 0 Å². The van der Waals surface area contributed by atoms with E-state index >= 15 is 0 Å². The average molecular weight is 430 g/mol. The van der Waals surface area contributed by atoms with Gasteiger partial charge in [-0.05, 0) is 34.0 Å². The topological polar surface area (TPSA) is 54.6 Å². The highest BCUT2D eigenvalue weighted by Gasteiger charge is 2.10. The second kappa shape index (κ2) is 8.94. The summed E-state index contributed by atoms with van der Waals surface area (Å²) in [5, 5.41) is 19.4. The third kappa shape index (κ3) is 4.35. The van der Waals surface area contributed by atoms with Crippen LogP contribution in [-0.2, 0) is 6.54 Å². The number of hydrogen-bond donors (Lipinski definition) is 2. The lowest BCUT2D eigenvalue weighted by Crippen LogP contribution is -2.31. The lowest BCUT2D eigenvalue weighted by molar-refractivity contribution is 0.106. The first kappa shape index (κ1) is 19.8. The van der Waals surface area contributed by atoms with E-state index in [4.69, 9.17) is 9.15 Å². The van der Waals surface area contributed by atoms with E-state index in [1.54, 1.807) is 23.9 Å². The summed E-state index contributed by atoms with van der Waals surface area (Å²) in [6, 6.07) is 22.6. The smallest absolute Gasteiger partial charge is 0.120 e. The Morgan fingerprint density at radius 3 is 2.81 bits per heavy atom. The number of thiophene rings is 1. The summed E-state index contributed by atoms with van der Waals surface area (Å²) < 4.78 is 12.3. The maximum Gasteiger partial charge on any atom is 0.120 e. The first-order valence-corrected chi connectivity index (χ1v) is 11.2. The first-order chi connectivity index (χ1) is 15.3. The Morgan fingerprint density at radius 1 is 0.968 bits per heavy atom. The van der Waals surface area contributed by atoms with Gasteiger partial charge >= 0.3 is 0 Å². The molecule has 2 heterocycles. The van der Waals surface area contributed by atoms with Gasteiger partial charge in [0.2, 0.25) is 0 Å². The van der Waals surface area contributed by atoms with Crippen molar-refractivity contribution >= 4 is 32.2 Å². The van der Waals surface area contributed by atoms with Crippen LogP contribution in [0.1, 0.15) is 5.56 Å². The summed E-state index contributed by atoms with van der Waals surface area (Å²) in [4.78, 5) is 0. The molecule has 3 aromatic carbocycles. The molecule has 5 heteroatoms. The van der Waals surface area contributed by atoms with E-state index in [1.807, 2.05) is 24.3 Å². The lowest BCUT2D eigenvalue weighted by Gasteiger charge is -2.14. The van der Waals surface area contributed by atoms with Gasteiger partial charge in [0.05, 0.1) is 11.0 Å². The van der Waals surface area contributed by atoms with Crippen molar-refractivity contribution in [1.82, 2.24) is 5.32 Å². The van der Waals surface area contributed by atoms with Crippen molar-refractivity contribution in [1.29, 1.82) is 0 Å². The normalized spacial score (nSPS) is 12.4. The van der Waals surface area contributed by atoms with Crippen molar-refractivity contribution in [3.05, 3.63) is 90.2 Å². The zero-order valence-electron chi connectivity index (χ0n) is 17.0.